The number of aromatic nitrogens is 3. The van der Waals surface area contributed by atoms with Crippen molar-refractivity contribution in [2.75, 3.05) is 6.54 Å². The predicted octanol–water partition coefficient (Wildman–Crippen LogP) is 0.256. The van der Waals surface area contributed by atoms with Gasteiger partial charge in [0, 0.05) is 6.54 Å². The van der Waals surface area contributed by atoms with E-state index in [1.54, 1.807) is 12.3 Å². The predicted molar refractivity (Wildman–Crippen MR) is 46.3 cm³/mol. The van der Waals surface area contributed by atoms with Crippen molar-refractivity contribution in [3.8, 4) is 0 Å². The van der Waals surface area contributed by atoms with E-state index >= 15 is 0 Å². The third kappa shape index (κ3) is 2.12. The normalized spacial score (nSPS) is 9.09. The van der Waals surface area contributed by atoms with Gasteiger partial charge in [-0.1, -0.05) is 18.3 Å². The Morgan fingerprint density at radius 2 is 2.73 bits per heavy atom. The fourth-order valence-electron chi connectivity index (χ4n) is 0.566. The lowest BCUT2D eigenvalue weighted by Crippen LogP contribution is -2.22. The van der Waals surface area contributed by atoms with Crippen molar-refractivity contribution in [2.24, 2.45) is 0 Å². The average molecular weight is 168 g/mol. The maximum absolute atomic E-state index is 4.96. The summed E-state index contributed by atoms with van der Waals surface area (Å²) in [6.45, 7) is 4.19. The number of nitrogens with zero attached hydrogens (tertiary/aromatic N) is 2. The smallest absolute Gasteiger partial charge is 0.139 e. The quantitative estimate of drug-likeness (QED) is 0.502. The Bertz CT molecular complexity index is 241. The molecule has 0 unspecified atom stereocenters. The first-order valence-corrected chi connectivity index (χ1v) is 3.50. The van der Waals surface area contributed by atoms with Crippen LogP contribution in [0.4, 0.5) is 0 Å². The van der Waals surface area contributed by atoms with Gasteiger partial charge >= 0.3 is 0 Å². The maximum Gasteiger partial charge on any atom is 0.139 e. The highest BCUT2D eigenvalue weighted by Crippen LogP contribution is 1.88. The summed E-state index contributed by atoms with van der Waals surface area (Å²) < 4.78 is 0. The fourth-order valence-corrected chi connectivity index (χ4v) is 0.748. The van der Waals surface area contributed by atoms with Crippen molar-refractivity contribution < 1.29 is 0 Å². The third-order valence-electron chi connectivity index (χ3n) is 1.05. The first-order chi connectivity index (χ1) is 5.34. The summed E-state index contributed by atoms with van der Waals surface area (Å²) in [5, 5.41) is 12.8. The number of thiocarbonyl (C=S) groups is 1. The van der Waals surface area contributed by atoms with E-state index in [1.807, 2.05) is 0 Å². The molecule has 1 heterocycles. The van der Waals surface area contributed by atoms with E-state index < -0.39 is 0 Å². The number of aromatic amines is 1. The molecule has 0 spiro atoms. The monoisotopic (exact) mass is 168 g/mol. The summed E-state index contributed by atoms with van der Waals surface area (Å²) in [5.41, 5.74) is 0.654. The molecule has 0 atom stereocenters. The summed E-state index contributed by atoms with van der Waals surface area (Å²) in [5.74, 6) is 0. The summed E-state index contributed by atoms with van der Waals surface area (Å²) in [4.78, 5) is 0.582. The number of hydrogen-bond acceptors (Lipinski definition) is 3. The van der Waals surface area contributed by atoms with Gasteiger partial charge in [0.15, 0.2) is 0 Å². The van der Waals surface area contributed by atoms with E-state index in [9.17, 15) is 0 Å². The number of H-pyrrole nitrogens is 1. The van der Waals surface area contributed by atoms with Crippen LogP contribution in [0.3, 0.4) is 0 Å². The van der Waals surface area contributed by atoms with Crippen LogP contribution in [0, 0.1) is 0 Å². The molecule has 58 valence electrons. The zero-order valence-corrected chi connectivity index (χ0v) is 6.69. The van der Waals surface area contributed by atoms with Crippen LogP contribution < -0.4 is 5.32 Å². The summed E-state index contributed by atoms with van der Waals surface area (Å²) in [6, 6.07) is 0. The molecule has 0 radical (unpaired) electrons. The third-order valence-corrected chi connectivity index (χ3v) is 1.41. The first-order valence-electron chi connectivity index (χ1n) is 3.09. The van der Waals surface area contributed by atoms with Crippen molar-refractivity contribution in [1.82, 2.24) is 20.7 Å². The second kappa shape index (κ2) is 3.82. The summed E-state index contributed by atoms with van der Waals surface area (Å²) in [6.07, 6.45) is 3.30. The van der Waals surface area contributed by atoms with E-state index in [-0.39, 0.29) is 0 Å². The lowest BCUT2D eigenvalue weighted by molar-refractivity contribution is 0.933. The molecule has 0 saturated carbocycles. The van der Waals surface area contributed by atoms with Crippen molar-refractivity contribution in [3.05, 3.63) is 24.5 Å². The van der Waals surface area contributed by atoms with Crippen LogP contribution >= 0.6 is 12.2 Å². The SMILES string of the molecule is C=CCNC(=S)c1cn[nH]n1. The standard InChI is InChI=1S/C6H8N4S/c1-2-3-7-6(11)5-4-8-10-9-5/h2,4H,1,3H2,(H,7,11)(H,8,9,10). The summed E-state index contributed by atoms with van der Waals surface area (Å²) >= 11 is 4.96. The van der Waals surface area contributed by atoms with Crippen LogP contribution in [0.1, 0.15) is 5.69 Å². The average Bonchev–Trinajstić information content (AvgIpc) is 2.52. The molecule has 0 fully saturated rings. The Morgan fingerprint density at radius 1 is 1.91 bits per heavy atom. The van der Waals surface area contributed by atoms with Crippen LogP contribution in [0.15, 0.2) is 18.9 Å². The van der Waals surface area contributed by atoms with E-state index in [4.69, 9.17) is 12.2 Å². The second-order valence-electron chi connectivity index (χ2n) is 1.85. The zero-order chi connectivity index (χ0) is 8.10. The van der Waals surface area contributed by atoms with Crippen LogP contribution in [0.5, 0.6) is 0 Å². The number of nitrogens with one attached hydrogen (secondary N) is 2. The zero-order valence-electron chi connectivity index (χ0n) is 5.87. The van der Waals surface area contributed by atoms with Crippen LogP contribution in [-0.4, -0.2) is 26.9 Å². The van der Waals surface area contributed by atoms with E-state index in [2.05, 4.69) is 27.3 Å². The van der Waals surface area contributed by atoms with Crippen molar-refractivity contribution in [2.45, 2.75) is 0 Å². The highest BCUT2D eigenvalue weighted by molar-refractivity contribution is 7.80. The van der Waals surface area contributed by atoms with Gasteiger partial charge in [-0.3, -0.25) is 0 Å². The molecule has 4 nitrogen and oxygen atoms in total. The lowest BCUT2D eigenvalue weighted by Gasteiger charge is -1.98. The minimum absolute atomic E-state index is 0.582. The lowest BCUT2D eigenvalue weighted by atomic mass is 10.4. The van der Waals surface area contributed by atoms with Crippen molar-refractivity contribution >= 4 is 17.2 Å². The number of hydrogen-bond donors (Lipinski definition) is 2. The molecule has 0 amide bonds. The topological polar surface area (TPSA) is 53.6 Å². The molecule has 0 aliphatic heterocycles. The molecule has 0 aliphatic carbocycles. The van der Waals surface area contributed by atoms with E-state index in [0.717, 1.165) is 0 Å². The fraction of sp³-hybridized carbons (Fsp3) is 0.167. The summed E-state index contributed by atoms with van der Waals surface area (Å²) in [7, 11) is 0. The van der Waals surface area contributed by atoms with E-state index in [1.165, 1.54) is 0 Å². The minimum atomic E-state index is 0.582. The molecule has 0 aromatic carbocycles. The van der Waals surface area contributed by atoms with Crippen LogP contribution in [-0.2, 0) is 0 Å². The second-order valence-corrected chi connectivity index (χ2v) is 2.26. The molecule has 1 aromatic rings. The first kappa shape index (κ1) is 7.87. The van der Waals surface area contributed by atoms with Gasteiger partial charge in [-0.2, -0.15) is 15.4 Å². The molecule has 0 bridgehead atoms. The highest BCUT2D eigenvalue weighted by atomic mass is 32.1. The molecule has 0 saturated heterocycles. The van der Waals surface area contributed by atoms with Crippen LogP contribution in [0.2, 0.25) is 0 Å². The highest BCUT2D eigenvalue weighted by Gasteiger charge is 2.00. The van der Waals surface area contributed by atoms with Gasteiger partial charge < -0.3 is 5.32 Å². The Hall–Kier alpha value is -1.23. The maximum atomic E-state index is 4.96. The van der Waals surface area contributed by atoms with Gasteiger partial charge in [-0.05, 0) is 0 Å². The molecular formula is C6H8N4S. The van der Waals surface area contributed by atoms with Crippen molar-refractivity contribution in [3.63, 3.8) is 0 Å². The molecule has 1 rings (SSSR count). The van der Waals surface area contributed by atoms with Crippen LogP contribution in [0.25, 0.3) is 0 Å². The van der Waals surface area contributed by atoms with Gasteiger partial charge in [0.1, 0.15) is 10.7 Å². The molecule has 0 aliphatic rings. The Kier molecular flexibility index (Phi) is 2.74. The van der Waals surface area contributed by atoms with Gasteiger partial charge in [0.2, 0.25) is 0 Å². The van der Waals surface area contributed by atoms with Gasteiger partial charge in [0.05, 0.1) is 6.20 Å². The molecule has 1 aromatic heterocycles. The Balaban J connectivity index is 2.49. The number of rotatable bonds is 3. The van der Waals surface area contributed by atoms with Gasteiger partial charge in [-0.15, -0.1) is 6.58 Å². The molecule has 2 N–H and O–H groups in total. The molecule has 5 heteroatoms. The van der Waals surface area contributed by atoms with Crippen molar-refractivity contribution in [1.29, 1.82) is 0 Å². The molecule has 11 heavy (non-hydrogen) atoms. The van der Waals surface area contributed by atoms with Gasteiger partial charge in [-0.25, -0.2) is 0 Å². The van der Waals surface area contributed by atoms with E-state index in [0.29, 0.717) is 17.2 Å². The molecular weight excluding hydrogens is 160 g/mol. The van der Waals surface area contributed by atoms with Gasteiger partial charge in [0.25, 0.3) is 0 Å². The Labute approximate surface area is 69.7 Å². The largest absolute Gasteiger partial charge is 0.371 e. The Morgan fingerprint density at radius 3 is 3.27 bits per heavy atom. The minimum Gasteiger partial charge on any atom is -0.371 e.